The number of imidazole rings is 1. The number of piperidine rings is 1. The van der Waals surface area contributed by atoms with Crippen LogP contribution in [0.25, 0.3) is 27.8 Å². The van der Waals surface area contributed by atoms with Crippen molar-refractivity contribution in [2.75, 3.05) is 32.9 Å². The third-order valence-electron chi connectivity index (χ3n) is 5.98. The van der Waals surface area contributed by atoms with Gasteiger partial charge in [-0.2, -0.15) is 0 Å². The summed E-state index contributed by atoms with van der Waals surface area (Å²) in [4.78, 5) is 28.5. The number of rotatable bonds is 2. The summed E-state index contributed by atoms with van der Waals surface area (Å²) in [6.07, 6.45) is 5.30. The van der Waals surface area contributed by atoms with E-state index in [2.05, 4.69) is 9.97 Å². The van der Waals surface area contributed by atoms with Crippen molar-refractivity contribution in [3.63, 3.8) is 0 Å². The third kappa shape index (κ3) is 3.27. The summed E-state index contributed by atoms with van der Waals surface area (Å²) in [6.45, 7) is 1.41. The maximum absolute atomic E-state index is 12.3. The van der Waals surface area contributed by atoms with Crippen molar-refractivity contribution < 1.29 is 4.79 Å². The summed E-state index contributed by atoms with van der Waals surface area (Å²) in [7, 11) is 3.57. The van der Waals surface area contributed by atoms with E-state index < -0.39 is 0 Å². The van der Waals surface area contributed by atoms with E-state index in [-0.39, 0.29) is 11.9 Å². The van der Waals surface area contributed by atoms with Crippen molar-refractivity contribution in [1.82, 2.24) is 29.2 Å². The Balaban J connectivity index is 1.56. The lowest BCUT2D eigenvalue weighted by Crippen LogP contribution is -2.43. The quantitative estimate of drug-likeness (QED) is 0.496. The van der Waals surface area contributed by atoms with Crippen LogP contribution in [0.3, 0.4) is 0 Å². The van der Waals surface area contributed by atoms with Gasteiger partial charge in [0, 0.05) is 50.9 Å². The van der Waals surface area contributed by atoms with Crippen molar-refractivity contribution in [3.8, 4) is 11.4 Å². The lowest BCUT2D eigenvalue weighted by atomic mass is 9.96. The van der Waals surface area contributed by atoms with Crippen LogP contribution in [0, 0.1) is 0 Å². The minimum atomic E-state index is 0.0514. The monoisotopic (exact) mass is 437 g/mol. The number of carbonyl (C=O) groups excluding carboxylic acids is 1. The molecule has 0 unspecified atom stereocenters. The number of anilines is 1. The van der Waals surface area contributed by atoms with E-state index in [9.17, 15) is 4.79 Å². The van der Waals surface area contributed by atoms with Crippen LogP contribution in [-0.4, -0.2) is 62.4 Å². The first-order valence-corrected chi connectivity index (χ1v) is 10.7. The van der Waals surface area contributed by atoms with Crippen LogP contribution in [-0.2, 0) is 0 Å². The Morgan fingerprint density at radius 1 is 1.29 bits per heavy atom. The predicted octanol–water partition coefficient (Wildman–Crippen LogP) is 3.97. The van der Waals surface area contributed by atoms with Gasteiger partial charge in [0.1, 0.15) is 22.9 Å². The number of likely N-dealkylation sites (tertiary alicyclic amines) is 1. The van der Waals surface area contributed by atoms with E-state index in [0.29, 0.717) is 23.9 Å². The fourth-order valence-corrected chi connectivity index (χ4v) is 4.65. The third-order valence-corrected chi connectivity index (χ3v) is 6.30. The van der Waals surface area contributed by atoms with Gasteiger partial charge in [-0.1, -0.05) is 23.7 Å². The predicted molar refractivity (Wildman–Crippen MR) is 122 cm³/mol. The first kappa shape index (κ1) is 19.7. The molecule has 0 bridgehead atoms. The lowest BCUT2D eigenvalue weighted by Gasteiger charge is -2.33. The molecule has 4 heterocycles. The van der Waals surface area contributed by atoms with Crippen LogP contribution in [0.1, 0.15) is 24.6 Å². The maximum Gasteiger partial charge on any atom is 0.319 e. The number of fused-ring (bicyclic) bond motifs is 2. The Morgan fingerprint density at radius 3 is 2.77 bits per heavy atom. The number of halogens is 1. The van der Waals surface area contributed by atoms with Gasteiger partial charge in [0.25, 0.3) is 0 Å². The largest absolute Gasteiger partial charge is 0.382 e. The highest BCUT2D eigenvalue weighted by atomic mass is 35.5. The molecule has 1 saturated heterocycles. The number of hydrogen-bond donors (Lipinski definition) is 2. The molecule has 3 N–H and O–H groups in total. The van der Waals surface area contributed by atoms with Gasteiger partial charge < -0.3 is 20.5 Å². The van der Waals surface area contributed by atoms with Crippen LogP contribution in [0.2, 0.25) is 5.02 Å². The van der Waals surface area contributed by atoms with Gasteiger partial charge in [-0.15, -0.1) is 0 Å². The average Bonchev–Trinajstić information content (AvgIpc) is 3.37. The number of para-hydroxylation sites is 1. The van der Waals surface area contributed by atoms with Crippen LogP contribution in [0.5, 0.6) is 0 Å². The minimum absolute atomic E-state index is 0.0514. The molecule has 5 rings (SSSR count). The molecule has 160 valence electrons. The van der Waals surface area contributed by atoms with Gasteiger partial charge in [-0.05, 0) is 25.0 Å². The molecule has 0 saturated carbocycles. The van der Waals surface area contributed by atoms with Gasteiger partial charge >= 0.3 is 6.03 Å². The van der Waals surface area contributed by atoms with E-state index in [0.717, 1.165) is 46.5 Å². The smallest absolute Gasteiger partial charge is 0.319 e. The Hall–Kier alpha value is -3.26. The molecule has 1 aliphatic heterocycles. The summed E-state index contributed by atoms with van der Waals surface area (Å²) >= 11 is 6.37. The Morgan fingerprint density at radius 2 is 2.06 bits per heavy atom. The molecule has 1 aromatic carbocycles. The number of carbonyl (C=O) groups is 1. The molecule has 0 radical (unpaired) electrons. The molecule has 8 nitrogen and oxygen atoms in total. The van der Waals surface area contributed by atoms with Crippen molar-refractivity contribution in [3.05, 3.63) is 47.5 Å². The maximum atomic E-state index is 12.3. The molecule has 4 aromatic rings. The molecular weight excluding hydrogens is 414 g/mol. The molecule has 9 heteroatoms. The fourth-order valence-electron chi connectivity index (χ4n) is 4.42. The number of aromatic nitrogens is 4. The topological polar surface area (TPSA) is 95.5 Å². The summed E-state index contributed by atoms with van der Waals surface area (Å²) < 4.78 is 2.04. The number of benzene rings is 1. The highest BCUT2D eigenvalue weighted by molar-refractivity contribution is 6.35. The molecule has 0 atom stereocenters. The van der Waals surface area contributed by atoms with Crippen LogP contribution in [0.15, 0.2) is 36.7 Å². The molecule has 2 amide bonds. The second-order valence-corrected chi connectivity index (χ2v) is 8.58. The second-order valence-electron chi connectivity index (χ2n) is 8.18. The number of nitrogens with zero attached hydrogens (tertiary/aromatic N) is 5. The number of urea groups is 1. The lowest BCUT2D eigenvalue weighted by molar-refractivity contribution is 0.155. The molecule has 0 aliphatic carbocycles. The second kappa shape index (κ2) is 7.46. The summed E-state index contributed by atoms with van der Waals surface area (Å²) in [5.41, 5.74) is 9.56. The van der Waals surface area contributed by atoms with E-state index in [4.69, 9.17) is 22.3 Å². The number of nitrogen functional groups attached to an aromatic ring is 1. The number of H-pyrrole nitrogens is 1. The normalized spacial score (nSPS) is 15.1. The highest BCUT2D eigenvalue weighted by Crippen LogP contribution is 2.36. The summed E-state index contributed by atoms with van der Waals surface area (Å²) in [5, 5.41) is 1.68. The molecule has 1 aliphatic rings. The van der Waals surface area contributed by atoms with E-state index in [1.165, 1.54) is 0 Å². The Labute approximate surface area is 184 Å². The standard InChI is InChI=1S/C22H24ClN7O/c1-28(2)22(31)29-9-6-13(7-10-29)21-27-18(19-20(24)25-8-11-30(19)21)16-12-14-4-3-5-15(23)17(14)26-16/h3-5,8,11-13,26H,6-7,9-10H2,1-2H3,(H2,24,25). The number of aromatic amines is 1. The van der Waals surface area contributed by atoms with Crippen molar-refractivity contribution in [2.24, 2.45) is 0 Å². The SMILES string of the molecule is CN(C)C(=O)N1CCC(c2nc(-c3cc4cccc(Cl)c4[nH]3)c3c(N)nccn23)CC1. The van der Waals surface area contributed by atoms with Crippen molar-refractivity contribution >= 4 is 39.9 Å². The zero-order chi connectivity index (χ0) is 21.7. The van der Waals surface area contributed by atoms with Gasteiger partial charge in [-0.3, -0.25) is 4.40 Å². The van der Waals surface area contributed by atoms with Gasteiger partial charge in [0.05, 0.1) is 16.2 Å². The van der Waals surface area contributed by atoms with E-state index in [1.807, 2.05) is 39.8 Å². The number of nitrogens with two attached hydrogens (primary N) is 1. The Bertz CT molecular complexity index is 1280. The first-order chi connectivity index (χ1) is 14.9. The number of amides is 2. The van der Waals surface area contributed by atoms with Gasteiger partial charge in [-0.25, -0.2) is 14.8 Å². The Kier molecular flexibility index (Phi) is 4.74. The average molecular weight is 438 g/mol. The van der Waals surface area contributed by atoms with E-state index >= 15 is 0 Å². The fraction of sp³-hybridized carbons (Fsp3) is 0.318. The van der Waals surface area contributed by atoms with Crippen LogP contribution < -0.4 is 5.73 Å². The zero-order valence-electron chi connectivity index (χ0n) is 17.5. The van der Waals surface area contributed by atoms with Gasteiger partial charge in [0.15, 0.2) is 0 Å². The number of hydrogen-bond acceptors (Lipinski definition) is 4. The molecular formula is C22H24ClN7O. The summed E-state index contributed by atoms with van der Waals surface area (Å²) in [5.74, 6) is 1.60. The van der Waals surface area contributed by atoms with Crippen molar-refractivity contribution in [2.45, 2.75) is 18.8 Å². The molecule has 31 heavy (non-hydrogen) atoms. The first-order valence-electron chi connectivity index (χ1n) is 10.3. The molecule has 1 fully saturated rings. The van der Waals surface area contributed by atoms with Gasteiger partial charge in [0.2, 0.25) is 0 Å². The van der Waals surface area contributed by atoms with Crippen LogP contribution >= 0.6 is 11.6 Å². The summed E-state index contributed by atoms with van der Waals surface area (Å²) in [6, 6.07) is 7.89. The number of nitrogens with one attached hydrogen (secondary N) is 1. The highest BCUT2D eigenvalue weighted by Gasteiger charge is 2.29. The van der Waals surface area contributed by atoms with Crippen LogP contribution in [0.4, 0.5) is 10.6 Å². The van der Waals surface area contributed by atoms with Crippen molar-refractivity contribution in [1.29, 1.82) is 0 Å². The van der Waals surface area contributed by atoms with E-state index in [1.54, 1.807) is 25.2 Å². The zero-order valence-corrected chi connectivity index (χ0v) is 18.2. The molecule has 3 aromatic heterocycles. The molecule has 0 spiro atoms. The minimum Gasteiger partial charge on any atom is -0.382 e.